The molecule has 1 aliphatic heterocycles. The Kier molecular flexibility index (Phi) is 3.23. The highest BCUT2D eigenvalue weighted by atomic mass is 19.4. The van der Waals surface area contributed by atoms with E-state index in [1.54, 1.807) is 0 Å². The van der Waals surface area contributed by atoms with E-state index in [4.69, 9.17) is 4.74 Å². The van der Waals surface area contributed by atoms with E-state index in [0.717, 1.165) is 6.07 Å². The molecule has 1 aromatic rings. The lowest BCUT2D eigenvalue weighted by Crippen LogP contribution is -2.42. The van der Waals surface area contributed by atoms with E-state index in [1.165, 1.54) is 12.3 Å². The minimum absolute atomic E-state index is 0.134. The Morgan fingerprint density at radius 3 is 2.78 bits per heavy atom. The lowest BCUT2D eigenvalue weighted by atomic mass is 9.94. The van der Waals surface area contributed by atoms with Crippen molar-refractivity contribution < 1.29 is 17.9 Å². The second-order valence-electron chi connectivity index (χ2n) is 4.70. The molecule has 2 rings (SSSR count). The van der Waals surface area contributed by atoms with E-state index < -0.39 is 17.3 Å². The smallest absolute Gasteiger partial charge is 0.376 e. The molecule has 0 bridgehead atoms. The summed E-state index contributed by atoms with van der Waals surface area (Å²) < 4.78 is 43.9. The first-order chi connectivity index (χ1) is 8.33. The zero-order valence-corrected chi connectivity index (χ0v) is 10.2. The lowest BCUT2D eigenvalue weighted by molar-refractivity contribution is -0.137. The first kappa shape index (κ1) is 13.1. The maximum atomic E-state index is 12.8. The summed E-state index contributed by atoms with van der Waals surface area (Å²) in [5.41, 5.74) is -1.26. The highest BCUT2D eigenvalue weighted by molar-refractivity contribution is 5.48. The number of anilines is 1. The number of pyridine rings is 1. The second kappa shape index (κ2) is 4.42. The largest absolute Gasteiger partial charge is 0.419 e. The molecule has 0 amide bonds. The molecule has 1 aliphatic rings. The summed E-state index contributed by atoms with van der Waals surface area (Å²) >= 11 is 0. The van der Waals surface area contributed by atoms with Crippen LogP contribution in [0.25, 0.3) is 0 Å². The Morgan fingerprint density at radius 1 is 1.50 bits per heavy atom. The van der Waals surface area contributed by atoms with Gasteiger partial charge < -0.3 is 10.1 Å². The minimum Gasteiger partial charge on any atom is -0.376 e. The summed E-state index contributed by atoms with van der Waals surface area (Å²) in [7, 11) is 0. The van der Waals surface area contributed by atoms with Crippen molar-refractivity contribution in [1.29, 1.82) is 0 Å². The first-order valence-electron chi connectivity index (χ1n) is 5.75. The minimum atomic E-state index is -4.41. The number of aromatic nitrogens is 1. The molecule has 1 aromatic heterocycles. The fraction of sp³-hybridized carbons (Fsp3) is 0.583. The third-order valence-corrected chi connectivity index (χ3v) is 3.40. The van der Waals surface area contributed by atoms with Crippen LogP contribution in [0.4, 0.5) is 19.0 Å². The molecule has 2 unspecified atom stereocenters. The molecular weight excluding hydrogens is 245 g/mol. The highest BCUT2D eigenvalue weighted by Gasteiger charge is 2.40. The average molecular weight is 260 g/mol. The molecule has 0 saturated carbocycles. The number of halogens is 3. The van der Waals surface area contributed by atoms with Gasteiger partial charge in [0.15, 0.2) is 0 Å². The van der Waals surface area contributed by atoms with Crippen LogP contribution >= 0.6 is 0 Å². The molecule has 1 saturated heterocycles. The lowest BCUT2D eigenvalue weighted by Gasteiger charge is -2.30. The summed E-state index contributed by atoms with van der Waals surface area (Å²) in [6.45, 7) is 4.23. The second-order valence-corrected chi connectivity index (χ2v) is 4.70. The topological polar surface area (TPSA) is 34.1 Å². The maximum absolute atomic E-state index is 12.8. The highest BCUT2D eigenvalue weighted by Crippen LogP contribution is 2.36. The fourth-order valence-electron chi connectivity index (χ4n) is 2.00. The van der Waals surface area contributed by atoms with Gasteiger partial charge in [0.25, 0.3) is 0 Å². The number of nitrogens with one attached hydrogen (secondary N) is 1. The Labute approximate surface area is 103 Å². The van der Waals surface area contributed by atoms with Crippen molar-refractivity contribution in [1.82, 2.24) is 4.98 Å². The Morgan fingerprint density at radius 2 is 2.22 bits per heavy atom. The average Bonchev–Trinajstić information content (AvgIpc) is 2.58. The molecule has 0 spiro atoms. The molecular formula is C12H15F3N2O. The van der Waals surface area contributed by atoms with Crippen LogP contribution < -0.4 is 5.32 Å². The van der Waals surface area contributed by atoms with Crippen molar-refractivity contribution in [3.8, 4) is 0 Å². The number of rotatable bonds is 2. The summed E-state index contributed by atoms with van der Waals surface area (Å²) in [5.74, 6) is -0.134. The van der Waals surface area contributed by atoms with Crippen LogP contribution in [-0.4, -0.2) is 23.2 Å². The molecule has 2 atom stereocenters. The van der Waals surface area contributed by atoms with Gasteiger partial charge in [0.2, 0.25) is 0 Å². The molecule has 0 aromatic carbocycles. The van der Waals surface area contributed by atoms with Crippen LogP contribution in [0.2, 0.25) is 0 Å². The van der Waals surface area contributed by atoms with Gasteiger partial charge in [-0.2, -0.15) is 13.2 Å². The van der Waals surface area contributed by atoms with E-state index in [1.807, 2.05) is 13.8 Å². The molecule has 100 valence electrons. The van der Waals surface area contributed by atoms with Crippen LogP contribution in [0.15, 0.2) is 18.3 Å². The Balaban J connectivity index is 2.30. The SMILES string of the molecule is CC1OCCC1(C)Nc1ncccc1C(F)(F)F. The summed E-state index contributed by atoms with van der Waals surface area (Å²) in [6, 6.07) is 2.31. The van der Waals surface area contributed by atoms with E-state index in [2.05, 4.69) is 10.3 Å². The quantitative estimate of drug-likeness (QED) is 0.887. The van der Waals surface area contributed by atoms with Crippen molar-refractivity contribution in [2.45, 2.75) is 38.1 Å². The zero-order chi connectivity index (χ0) is 13.4. The van der Waals surface area contributed by atoms with Crippen LogP contribution in [0.3, 0.4) is 0 Å². The molecule has 6 heteroatoms. The van der Waals surface area contributed by atoms with Gasteiger partial charge >= 0.3 is 6.18 Å². The van der Waals surface area contributed by atoms with Crippen LogP contribution in [0.1, 0.15) is 25.8 Å². The zero-order valence-electron chi connectivity index (χ0n) is 10.2. The molecule has 1 N–H and O–H groups in total. The molecule has 0 aliphatic carbocycles. The van der Waals surface area contributed by atoms with Gasteiger partial charge in [-0.15, -0.1) is 0 Å². The van der Waals surface area contributed by atoms with Crippen molar-refractivity contribution in [2.24, 2.45) is 0 Å². The van der Waals surface area contributed by atoms with Crippen molar-refractivity contribution in [2.75, 3.05) is 11.9 Å². The van der Waals surface area contributed by atoms with Crippen molar-refractivity contribution in [3.05, 3.63) is 23.9 Å². The molecule has 18 heavy (non-hydrogen) atoms. The monoisotopic (exact) mass is 260 g/mol. The van der Waals surface area contributed by atoms with Gasteiger partial charge in [-0.25, -0.2) is 4.98 Å². The van der Waals surface area contributed by atoms with Gasteiger partial charge in [0, 0.05) is 12.8 Å². The van der Waals surface area contributed by atoms with E-state index in [9.17, 15) is 13.2 Å². The summed E-state index contributed by atoms with van der Waals surface area (Å²) in [5, 5.41) is 2.89. The van der Waals surface area contributed by atoms with Crippen molar-refractivity contribution in [3.63, 3.8) is 0 Å². The number of hydrogen-bond acceptors (Lipinski definition) is 3. The predicted molar refractivity (Wildman–Crippen MR) is 61.3 cm³/mol. The van der Waals surface area contributed by atoms with Gasteiger partial charge in [-0.1, -0.05) is 0 Å². The third-order valence-electron chi connectivity index (χ3n) is 3.40. The number of hydrogen-bond donors (Lipinski definition) is 1. The maximum Gasteiger partial charge on any atom is 0.419 e. The molecule has 1 fully saturated rings. The first-order valence-corrected chi connectivity index (χ1v) is 5.75. The van der Waals surface area contributed by atoms with E-state index in [0.29, 0.717) is 13.0 Å². The van der Waals surface area contributed by atoms with Crippen LogP contribution in [-0.2, 0) is 10.9 Å². The van der Waals surface area contributed by atoms with Gasteiger partial charge in [-0.05, 0) is 32.4 Å². The van der Waals surface area contributed by atoms with Gasteiger partial charge in [0.1, 0.15) is 5.82 Å². The normalized spacial score (nSPS) is 28.4. The third kappa shape index (κ3) is 2.43. The van der Waals surface area contributed by atoms with Gasteiger partial charge in [0.05, 0.1) is 17.2 Å². The molecule has 0 radical (unpaired) electrons. The Hall–Kier alpha value is -1.30. The number of alkyl halides is 3. The number of nitrogens with zero attached hydrogens (tertiary/aromatic N) is 1. The standard InChI is InChI=1S/C12H15F3N2O/c1-8-11(2,5-7-18-8)17-10-9(12(13,14)15)4-3-6-16-10/h3-4,6,8H,5,7H2,1-2H3,(H,16,17). The van der Waals surface area contributed by atoms with E-state index >= 15 is 0 Å². The van der Waals surface area contributed by atoms with Gasteiger partial charge in [-0.3, -0.25) is 0 Å². The van der Waals surface area contributed by atoms with Crippen LogP contribution in [0, 0.1) is 0 Å². The fourth-order valence-corrected chi connectivity index (χ4v) is 2.00. The summed E-state index contributed by atoms with van der Waals surface area (Å²) in [4.78, 5) is 3.80. The van der Waals surface area contributed by atoms with Crippen LogP contribution in [0.5, 0.6) is 0 Å². The predicted octanol–water partition coefficient (Wildman–Crippen LogP) is 3.08. The number of ether oxygens (including phenoxy) is 1. The summed E-state index contributed by atoms with van der Waals surface area (Å²) in [6.07, 6.45) is -2.56. The Bertz CT molecular complexity index is 436. The molecule has 3 nitrogen and oxygen atoms in total. The van der Waals surface area contributed by atoms with Crippen molar-refractivity contribution >= 4 is 5.82 Å². The van der Waals surface area contributed by atoms with E-state index in [-0.39, 0.29) is 11.9 Å². The molecule has 2 heterocycles.